The number of aryl methyl sites for hydroxylation is 1. The number of fused-ring (bicyclic) bond motifs is 1. The van der Waals surface area contributed by atoms with Crippen LogP contribution in [0.1, 0.15) is 38.1 Å². The molecule has 9 heteroatoms. The fourth-order valence-electron chi connectivity index (χ4n) is 2.85. The number of hydrogen-bond acceptors (Lipinski definition) is 6. The van der Waals surface area contributed by atoms with Crippen molar-refractivity contribution >= 4 is 29.6 Å². The van der Waals surface area contributed by atoms with Crippen molar-refractivity contribution in [3.63, 3.8) is 0 Å². The Hall–Kier alpha value is -3.75. The number of nitrogens with one attached hydrogen (secondary N) is 1. The maximum Gasteiger partial charge on any atom is 0.329 e. The van der Waals surface area contributed by atoms with Gasteiger partial charge in [0, 0.05) is 13.2 Å². The van der Waals surface area contributed by atoms with E-state index in [9.17, 15) is 24.0 Å². The SMILES string of the molecule is C[C@H](C(=O)OCC(=O)NC(=O)c1cccn1C)N1C(=O)c2ccccc2C1=O. The van der Waals surface area contributed by atoms with Crippen LogP contribution in [0.4, 0.5) is 0 Å². The first kappa shape index (κ1) is 19.0. The van der Waals surface area contributed by atoms with Crippen molar-refractivity contribution in [2.45, 2.75) is 13.0 Å². The van der Waals surface area contributed by atoms with Gasteiger partial charge in [0.2, 0.25) is 0 Å². The average Bonchev–Trinajstić information content (AvgIpc) is 3.21. The van der Waals surface area contributed by atoms with E-state index < -0.39 is 42.2 Å². The third kappa shape index (κ3) is 3.41. The first-order valence-corrected chi connectivity index (χ1v) is 8.40. The van der Waals surface area contributed by atoms with Gasteiger partial charge < -0.3 is 9.30 Å². The fraction of sp³-hybridized carbons (Fsp3) is 0.211. The van der Waals surface area contributed by atoms with E-state index in [4.69, 9.17) is 4.74 Å². The summed E-state index contributed by atoms with van der Waals surface area (Å²) in [6.07, 6.45) is 1.64. The molecule has 2 aromatic rings. The molecule has 0 unspecified atom stereocenters. The van der Waals surface area contributed by atoms with Gasteiger partial charge in [-0.3, -0.25) is 29.4 Å². The highest BCUT2D eigenvalue weighted by molar-refractivity contribution is 6.22. The molecule has 4 amide bonds. The lowest BCUT2D eigenvalue weighted by Gasteiger charge is -2.20. The molecular weight excluding hydrogens is 366 g/mol. The van der Waals surface area contributed by atoms with E-state index in [1.54, 1.807) is 31.4 Å². The number of amides is 4. The van der Waals surface area contributed by atoms with Gasteiger partial charge in [-0.2, -0.15) is 0 Å². The zero-order valence-corrected chi connectivity index (χ0v) is 15.2. The molecule has 1 aliphatic rings. The number of rotatable bonds is 5. The van der Waals surface area contributed by atoms with Crippen molar-refractivity contribution < 1.29 is 28.7 Å². The fourth-order valence-corrected chi connectivity index (χ4v) is 2.85. The van der Waals surface area contributed by atoms with Crippen LogP contribution in [0.25, 0.3) is 0 Å². The molecule has 28 heavy (non-hydrogen) atoms. The molecule has 2 heterocycles. The predicted molar refractivity (Wildman–Crippen MR) is 95.2 cm³/mol. The highest BCUT2D eigenvalue weighted by Gasteiger charge is 2.41. The molecule has 144 valence electrons. The maximum absolute atomic E-state index is 12.4. The van der Waals surface area contributed by atoms with Crippen LogP contribution in [0.3, 0.4) is 0 Å². The number of benzene rings is 1. The lowest BCUT2D eigenvalue weighted by Crippen LogP contribution is -2.44. The summed E-state index contributed by atoms with van der Waals surface area (Å²) in [5.41, 5.74) is 0.676. The minimum atomic E-state index is -1.22. The summed E-state index contributed by atoms with van der Waals surface area (Å²) >= 11 is 0. The van der Waals surface area contributed by atoms with Crippen LogP contribution in [0.5, 0.6) is 0 Å². The lowest BCUT2D eigenvalue weighted by atomic mass is 10.1. The van der Waals surface area contributed by atoms with E-state index in [1.165, 1.54) is 29.7 Å². The first-order valence-electron chi connectivity index (χ1n) is 8.40. The molecule has 0 aliphatic carbocycles. The van der Waals surface area contributed by atoms with E-state index >= 15 is 0 Å². The van der Waals surface area contributed by atoms with Gasteiger partial charge in [0.15, 0.2) is 6.61 Å². The van der Waals surface area contributed by atoms with Gasteiger partial charge in [-0.25, -0.2) is 4.79 Å². The number of hydrogen-bond donors (Lipinski definition) is 1. The zero-order chi connectivity index (χ0) is 20.4. The topological polar surface area (TPSA) is 115 Å². The second-order valence-corrected chi connectivity index (χ2v) is 6.19. The van der Waals surface area contributed by atoms with Crippen LogP contribution in [0.15, 0.2) is 42.6 Å². The van der Waals surface area contributed by atoms with E-state index in [1.807, 2.05) is 0 Å². The summed E-state index contributed by atoms with van der Waals surface area (Å²) < 4.78 is 6.39. The summed E-state index contributed by atoms with van der Waals surface area (Å²) in [6, 6.07) is 8.17. The zero-order valence-electron chi connectivity index (χ0n) is 15.2. The van der Waals surface area contributed by atoms with Crippen molar-refractivity contribution in [1.29, 1.82) is 0 Å². The smallest absolute Gasteiger partial charge is 0.329 e. The van der Waals surface area contributed by atoms with Gasteiger partial charge in [0.1, 0.15) is 11.7 Å². The van der Waals surface area contributed by atoms with Gasteiger partial charge in [-0.15, -0.1) is 0 Å². The summed E-state index contributed by atoms with van der Waals surface area (Å²) in [5.74, 6) is -3.60. The summed E-state index contributed by atoms with van der Waals surface area (Å²) in [6.45, 7) is 0.611. The van der Waals surface area contributed by atoms with Crippen LogP contribution < -0.4 is 5.32 Å². The molecule has 0 spiro atoms. The number of nitrogens with zero attached hydrogens (tertiary/aromatic N) is 2. The Morgan fingerprint density at radius 3 is 2.18 bits per heavy atom. The second-order valence-electron chi connectivity index (χ2n) is 6.19. The van der Waals surface area contributed by atoms with Crippen LogP contribution >= 0.6 is 0 Å². The van der Waals surface area contributed by atoms with E-state index in [-0.39, 0.29) is 16.8 Å². The largest absolute Gasteiger partial charge is 0.454 e. The van der Waals surface area contributed by atoms with Crippen LogP contribution in [-0.4, -0.2) is 51.7 Å². The van der Waals surface area contributed by atoms with Gasteiger partial charge >= 0.3 is 5.97 Å². The number of carbonyl (C=O) groups excluding carboxylic acids is 5. The molecular formula is C19H17N3O6. The number of esters is 1. The van der Waals surface area contributed by atoms with Crippen molar-refractivity contribution in [1.82, 2.24) is 14.8 Å². The van der Waals surface area contributed by atoms with Gasteiger partial charge in [0.25, 0.3) is 23.6 Å². The standard InChI is InChI=1S/C19H17N3O6/c1-11(22-17(25)12-6-3-4-7-13(12)18(22)26)19(27)28-10-15(23)20-16(24)14-8-5-9-21(14)2/h3-9,11H,10H2,1-2H3,(H,20,23,24)/t11-/m1/s1. The number of ether oxygens (including phenoxy) is 1. The Morgan fingerprint density at radius 1 is 1.04 bits per heavy atom. The Morgan fingerprint density at radius 2 is 1.64 bits per heavy atom. The van der Waals surface area contributed by atoms with Gasteiger partial charge in [-0.05, 0) is 31.2 Å². The third-order valence-corrected chi connectivity index (χ3v) is 4.33. The van der Waals surface area contributed by atoms with Gasteiger partial charge in [-0.1, -0.05) is 12.1 Å². The minimum absolute atomic E-state index is 0.207. The minimum Gasteiger partial charge on any atom is -0.454 e. The van der Waals surface area contributed by atoms with E-state index in [2.05, 4.69) is 5.32 Å². The van der Waals surface area contributed by atoms with E-state index in [0.29, 0.717) is 0 Å². The number of carbonyl (C=O) groups is 5. The van der Waals surface area contributed by atoms with Crippen LogP contribution in [0.2, 0.25) is 0 Å². The quantitative estimate of drug-likeness (QED) is 0.594. The first-order chi connectivity index (χ1) is 13.3. The molecule has 1 aromatic carbocycles. The molecule has 0 radical (unpaired) electrons. The Bertz CT molecular complexity index is 958. The molecule has 3 rings (SSSR count). The molecule has 1 atom stereocenters. The Kier molecular flexibility index (Phi) is 5.08. The van der Waals surface area contributed by atoms with Crippen LogP contribution in [-0.2, 0) is 21.4 Å². The molecule has 9 nitrogen and oxygen atoms in total. The normalized spacial score (nSPS) is 13.9. The maximum atomic E-state index is 12.4. The second kappa shape index (κ2) is 7.47. The van der Waals surface area contributed by atoms with Crippen molar-refractivity contribution in [2.24, 2.45) is 7.05 Å². The molecule has 0 fully saturated rings. The van der Waals surface area contributed by atoms with E-state index in [0.717, 1.165) is 4.90 Å². The monoisotopic (exact) mass is 383 g/mol. The Balaban J connectivity index is 1.57. The molecule has 0 saturated heterocycles. The summed E-state index contributed by atoms with van der Waals surface area (Å²) in [7, 11) is 1.64. The molecule has 1 N–H and O–H groups in total. The molecule has 0 saturated carbocycles. The molecule has 1 aromatic heterocycles. The highest BCUT2D eigenvalue weighted by atomic mass is 16.5. The third-order valence-electron chi connectivity index (χ3n) is 4.33. The molecule has 1 aliphatic heterocycles. The van der Waals surface area contributed by atoms with Crippen molar-refractivity contribution in [3.8, 4) is 0 Å². The van der Waals surface area contributed by atoms with Crippen molar-refractivity contribution in [3.05, 3.63) is 59.4 Å². The summed E-state index contributed by atoms with van der Waals surface area (Å²) in [5, 5.41) is 2.10. The van der Waals surface area contributed by atoms with Gasteiger partial charge in [0.05, 0.1) is 11.1 Å². The summed E-state index contributed by atoms with van der Waals surface area (Å²) in [4.78, 5) is 61.5. The predicted octanol–water partition coefficient (Wildman–Crippen LogP) is 0.509. The van der Waals surface area contributed by atoms with Crippen molar-refractivity contribution in [2.75, 3.05) is 6.61 Å². The lowest BCUT2D eigenvalue weighted by molar-refractivity contribution is -0.151. The average molecular weight is 383 g/mol. The Labute approximate surface area is 159 Å². The highest BCUT2D eigenvalue weighted by Crippen LogP contribution is 2.24. The number of aromatic nitrogens is 1. The number of imide groups is 2. The van der Waals surface area contributed by atoms with Crippen LogP contribution in [0, 0.1) is 0 Å². The molecule has 0 bridgehead atoms.